The van der Waals surface area contributed by atoms with Crippen molar-refractivity contribution >= 4 is 0 Å². The summed E-state index contributed by atoms with van der Waals surface area (Å²) < 4.78 is 5.46. The lowest BCUT2D eigenvalue weighted by atomic mass is 9.94. The maximum Gasteiger partial charge on any atom is 0.0593 e. The van der Waals surface area contributed by atoms with Gasteiger partial charge in [-0.2, -0.15) is 0 Å². The van der Waals surface area contributed by atoms with Gasteiger partial charge >= 0.3 is 0 Å². The van der Waals surface area contributed by atoms with Crippen molar-refractivity contribution in [1.82, 2.24) is 4.90 Å². The van der Waals surface area contributed by atoms with Gasteiger partial charge in [-0.05, 0) is 39.3 Å². The maximum atomic E-state index is 5.60. The molecule has 0 atom stereocenters. The lowest BCUT2D eigenvalue weighted by molar-refractivity contribution is 0.0818. The molecule has 0 heterocycles. The SMILES string of the molecule is CCOCCN(CCCN)C1CCCCC1. The molecule has 0 amide bonds. The second-order valence-corrected chi connectivity index (χ2v) is 4.67. The number of nitrogens with zero attached hydrogens (tertiary/aromatic N) is 1. The normalized spacial score (nSPS) is 18.2. The van der Waals surface area contributed by atoms with Crippen LogP contribution >= 0.6 is 0 Å². The summed E-state index contributed by atoms with van der Waals surface area (Å²) in [6, 6.07) is 0.792. The summed E-state index contributed by atoms with van der Waals surface area (Å²) in [6.07, 6.45) is 8.08. The quantitative estimate of drug-likeness (QED) is 0.646. The van der Waals surface area contributed by atoms with E-state index in [0.29, 0.717) is 0 Å². The Morgan fingerprint density at radius 3 is 2.56 bits per heavy atom. The molecule has 0 radical (unpaired) electrons. The molecule has 3 heteroatoms. The van der Waals surface area contributed by atoms with Crippen LogP contribution in [0, 0.1) is 0 Å². The van der Waals surface area contributed by atoms with Crippen molar-refractivity contribution in [1.29, 1.82) is 0 Å². The maximum absolute atomic E-state index is 5.60. The largest absolute Gasteiger partial charge is 0.380 e. The van der Waals surface area contributed by atoms with Gasteiger partial charge < -0.3 is 10.5 Å². The van der Waals surface area contributed by atoms with Crippen LogP contribution in [-0.2, 0) is 4.74 Å². The van der Waals surface area contributed by atoms with Gasteiger partial charge in [-0.1, -0.05) is 19.3 Å². The summed E-state index contributed by atoms with van der Waals surface area (Å²) in [5.74, 6) is 0. The van der Waals surface area contributed by atoms with E-state index >= 15 is 0 Å². The van der Waals surface area contributed by atoms with Crippen LogP contribution in [0.15, 0.2) is 0 Å². The van der Waals surface area contributed by atoms with Crippen LogP contribution in [0.1, 0.15) is 45.4 Å². The third-order valence-electron chi connectivity index (χ3n) is 3.47. The molecule has 0 aromatic rings. The minimum Gasteiger partial charge on any atom is -0.380 e. The lowest BCUT2D eigenvalue weighted by Crippen LogP contribution is -2.40. The molecule has 3 nitrogen and oxygen atoms in total. The Labute approximate surface area is 100 Å². The molecule has 0 aromatic heterocycles. The second-order valence-electron chi connectivity index (χ2n) is 4.67. The minimum absolute atomic E-state index is 0.792. The summed E-state index contributed by atoms with van der Waals surface area (Å²) >= 11 is 0. The van der Waals surface area contributed by atoms with Crippen LogP contribution in [0.2, 0.25) is 0 Å². The molecule has 1 aliphatic rings. The van der Waals surface area contributed by atoms with Crippen molar-refractivity contribution in [3.05, 3.63) is 0 Å². The van der Waals surface area contributed by atoms with Crippen LogP contribution in [0.5, 0.6) is 0 Å². The third-order valence-corrected chi connectivity index (χ3v) is 3.47. The van der Waals surface area contributed by atoms with Crippen molar-refractivity contribution in [2.45, 2.75) is 51.5 Å². The highest BCUT2D eigenvalue weighted by Crippen LogP contribution is 2.22. The van der Waals surface area contributed by atoms with Crippen LogP contribution in [0.3, 0.4) is 0 Å². The summed E-state index contributed by atoms with van der Waals surface area (Å²) in [5, 5.41) is 0. The number of hydrogen-bond acceptors (Lipinski definition) is 3. The molecule has 0 aliphatic heterocycles. The summed E-state index contributed by atoms with van der Waals surface area (Å²) in [7, 11) is 0. The van der Waals surface area contributed by atoms with Crippen LogP contribution in [0.4, 0.5) is 0 Å². The topological polar surface area (TPSA) is 38.5 Å². The van der Waals surface area contributed by atoms with Gasteiger partial charge in [0.2, 0.25) is 0 Å². The molecular weight excluding hydrogens is 200 g/mol. The smallest absolute Gasteiger partial charge is 0.0593 e. The highest BCUT2D eigenvalue weighted by Gasteiger charge is 2.20. The van der Waals surface area contributed by atoms with E-state index in [1.54, 1.807) is 0 Å². The highest BCUT2D eigenvalue weighted by molar-refractivity contribution is 4.75. The summed E-state index contributed by atoms with van der Waals surface area (Å²) in [4.78, 5) is 2.60. The number of nitrogens with two attached hydrogens (primary N) is 1. The Hall–Kier alpha value is -0.120. The number of rotatable bonds is 8. The van der Waals surface area contributed by atoms with Gasteiger partial charge in [-0.25, -0.2) is 0 Å². The average Bonchev–Trinajstić information content (AvgIpc) is 2.35. The van der Waals surface area contributed by atoms with E-state index in [2.05, 4.69) is 11.8 Å². The molecule has 16 heavy (non-hydrogen) atoms. The Bertz CT molecular complexity index is 158. The fourth-order valence-corrected chi connectivity index (χ4v) is 2.54. The molecule has 0 saturated heterocycles. The highest BCUT2D eigenvalue weighted by atomic mass is 16.5. The predicted octanol–water partition coefficient (Wildman–Crippen LogP) is 2.01. The first-order valence-corrected chi connectivity index (χ1v) is 6.90. The molecule has 1 aliphatic carbocycles. The minimum atomic E-state index is 0.792. The zero-order valence-corrected chi connectivity index (χ0v) is 10.8. The molecule has 0 spiro atoms. The van der Waals surface area contributed by atoms with Crippen molar-refractivity contribution < 1.29 is 4.74 Å². The van der Waals surface area contributed by atoms with Gasteiger partial charge in [0.05, 0.1) is 6.61 Å². The van der Waals surface area contributed by atoms with Crippen LogP contribution in [-0.4, -0.2) is 43.8 Å². The molecule has 0 aromatic carbocycles. The van der Waals surface area contributed by atoms with Crippen LogP contribution in [0.25, 0.3) is 0 Å². The van der Waals surface area contributed by atoms with Gasteiger partial charge in [0.1, 0.15) is 0 Å². The fraction of sp³-hybridized carbons (Fsp3) is 1.00. The van der Waals surface area contributed by atoms with Crippen molar-refractivity contribution in [3.63, 3.8) is 0 Å². The third kappa shape index (κ3) is 5.28. The van der Waals surface area contributed by atoms with Crippen LogP contribution < -0.4 is 5.73 Å². The lowest BCUT2D eigenvalue weighted by Gasteiger charge is -2.34. The van der Waals surface area contributed by atoms with Gasteiger partial charge in [-0.3, -0.25) is 4.90 Å². The molecular formula is C13H28N2O. The van der Waals surface area contributed by atoms with Crippen molar-refractivity contribution in [2.24, 2.45) is 5.73 Å². The fourth-order valence-electron chi connectivity index (χ4n) is 2.54. The Kier molecular flexibility index (Phi) is 7.81. The van der Waals surface area contributed by atoms with Gasteiger partial charge in [0.25, 0.3) is 0 Å². The molecule has 96 valence electrons. The zero-order valence-electron chi connectivity index (χ0n) is 10.8. The summed E-state index contributed by atoms with van der Waals surface area (Å²) in [5.41, 5.74) is 5.60. The number of ether oxygens (including phenoxy) is 1. The first kappa shape index (κ1) is 13.9. The van der Waals surface area contributed by atoms with E-state index in [0.717, 1.165) is 45.3 Å². The Morgan fingerprint density at radius 1 is 1.19 bits per heavy atom. The number of hydrogen-bond donors (Lipinski definition) is 1. The van der Waals surface area contributed by atoms with Gasteiger partial charge in [0, 0.05) is 19.2 Å². The van der Waals surface area contributed by atoms with E-state index in [4.69, 9.17) is 10.5 Å². The van der Waals surface area contributed by atoms with E-state index in [1.165, 1.54) is 32.1 Å². The van der Waals surface area contributed by atoms with Gasteiger partial charge in [0.15, 0.2) is 0 Å². The molecule has 0 bridgehead atoms. The van der Waals surface area contributed by atoms with Gasteiger partial charge in [-0.15, -0.1) is 0 Å². The van der Waals surface area contributed by atoms with E-state index in [-0.39, 0.29) is 0 Å². The second kappa shape index (κ2) is 8.97. The van der Waals surface area contributed by atoms with Crippen molar-refractivity contribution in [2.75, 3.05) is 32.8 Å². The monoisotopic (exact) mass is 228 g/mol. The average molecular weight is 228 g/mol. The molecule has 1 saturated carbocycles. The molecule has 2 N–H and O–H groups in total. The molecule has 1 rings (SSSR count). The molecule has 0 unspecified atom stereocenters. The molecule has 1 fully saturated rings. The predicted molar refractivity (Wildman–Crippen MR) is 68.6 cm³/mol. The first-order valence-electron chi connectivity index (χ1n) is 6.90. The Balaban J connectivity index is 2.28. The Morgan fingerprint density at radius 2 is 1.94 bits per heavy atom. The van der Waals surface area contributed by atoms with E-state index in [1.807, 2.05) is 0 Å². The van der Waals surface area contributed by atoms with E-state index in [9.17, 15) is 0 Å². The summed E-state index contributed by atoms with van der Waals surface area (Å²) in [6.45, 7) is 6.79. The van der Waals surface area contributed by atoms with Crippen molar-refractivity contribution in [3.8, 4) is 0 Å². The zero-order chi connectivity index (χ0) is 11.6. The first-order chi connectivity index (χ1) is 7.88. The van der Waals surface area contributed by atoms with E-state index < -0.39 is 0 Å². The standard InChI is InChI=1S/C13H28N2O/c1-2-16-12-11-15(10-6-9-14)13-7-4-3-5-8-13/h13H,2-12,14H2,1H3.